The normalized spacial score (nSPS) is 38.1. The van der Waals surface area contributed by atoms with Crippen molar-refractivity contribution in [1.82, 2.24) is 0 Å². The second-order valence-electron chi connectivity index (χ2n) is 28.3. The minimum atomic E-state index is -0.177. The Balaban J connectivity index is 0.697. The molecule has 0 aromatic heterocycles. The average Bonchev–Trinajstić information content (AvgIpc) is 3.93. The van der Waals surface area contributed by atoms with Crippen LogP contribution in [0.25, 0.3) is 0 Å². The number of fused-ring (bicyclic) bond motifs is 10. The van der Waals surface area contributed by atoms with Gasteiger partial charge in [0.2, 0.25) is 0 Å². The molecule has 6 heteroatoms. The van der Waals surface area contributed by atoms with Gasteiger partial charge in [-0.1, -0.05) is 93.9 Å². The summed E-state index contributed by atoms with van der Waals surface area (Å²) in [7, 11) is 0. The van der Waals surface area contributed by atoms with E-state index < -0.39 is 0 Å². The van der Waals surface area contributed by atoms with Gasteiger partial charge in [-0.05, 0) is 72.0 Å². The minimum absolute atomic E-state index is 0.0488. The summed E-state index contributed by atoms with van der Waals surface area (Å²) in [5.41, 5.74) is 5.98. The van der Waals surface area contributed by atoms with Crippen molar-refractivity contribution >= 4 is 47.1 Å². The van der Waals surface area contributed by atoms with Gasteiger partial charge in [0.1, 0.15) is 0 Å². The fourth-order valence-electron chi connectivity index (χ4n) is 19.4. The van der Waals surface area contributed by atoms with Crippen molar-refractivity contribution in [3.05, 3.63) is 83.0 Å². The molecule has 4 nitrogen and oxygen atoms in total. The van der Waals surface area contributed by atoms with Gasteiger partial charge in [0.05, 0.1) is 0 Å². The number of carbonyl (C=O) groups is 2. The van der Waals surface area contributed by atoms with Crippen LogP contribution in [-0.2, 0) is 9.47 Å². The fraction of sp³-hybridized carbons (Fsp3) is 0.735. The predicted octanol–water partition coefficient (Wildman–Crippen LogP) is 16.1. The SMILES string of the molecule is CC(C)CCC[C@@H](C)[C@H]1CC[C@H]2[C@@H]3CC=C4C[C@@H](OC(=O)c5cccc([Se][Se]c6cccc(C(=O)O[C@H]7CC[C@@]8(C)C(=CC[C@H]9[C@@H]%10CC[C@H]([C@H](C)CCCC(C)C)[C@@]%10(C)CC[C@@H]98)C7)c6)c5)CC[C@]4(C)[C@H]3CC[C@]12C. The molecule has 0 N–H and O–H groups in total. The standard InChI is InChI=1S/C68H98O4Se2/c1-43(2)15-11-17-45(5)57-27-29-59-55-25-23-49-41-51(31-35-65(49,7)61(55)33-37-67(57,59)9)71-63(69)47-19-13-21-53(39-47)73-74-54-22-14-20-48(40-54)64(70)72-52-32-36-66(8)50(42-52)24-26-56-60-30-28-58(46(6)18-12-16-44(3)4)68(60,10)38-34-62(56)66/h13-14,19-24,39-40,43-46,51-52,55-62H,11-12,15-18,25-38,41-42H2,1-10H3/t45-,46-,51+,52+,55+,56+,57-,58-,59+,60+,61+,62+,65+,66+,67-,68-/m1/s1. The maximum atomic E-state index is 13.8. The van der Waals surface area contributed by atoms with Gasteiger partial charge in [-0.15, -0.1) is 0 Å². The van der Waals surface area contributed by atoms with Crippen LogP contribution in [0.15, 0.2) is 71.8 Å². The van der Waals surface area contributed by atoms with E-state index in [0.29, 0.717) is 22.0 Å². The zero-order chi connectivity index (χ0) is 52.2. The minimum Gasteiger partial charge on any atom is -0.0591 e. The molecule has 16 atom stereocenters. The first-order valence-electron chi connectivity index (χ1n) is 30.7. The van der Waals surface area contributed by atoms with Crippen LogP contribution >= 0.6 is 0 Å². The van der Waals surface area contributed by atoms with Crippen molar-refractivity contribution in [2.45, 2.75) is 223 Å². The molecule has 406 valence electrons. The molecule has 0 saturated heterocycles. The van der Waals surface area contributed by atoms with Crippen LogP contribution in [0.1, 0.15) is 231 Å². The van der Waals surface area contributed by atoms with E-state index in [2.05, 4.69) is 106 Å². The Kier molecular flexibility index (Phi) is 16.8. The molecule has 2 aromatic rings. The van der Waals surface area contributed by atoms with Crippen molar-refractivity contribution in [2.75, 3.05) is 0 Å². The third-order valence-electron chi connectivity index (χ3n) is 23.4. The first-order valence-corrected chi connectivity index (χ1v) is 36.8. The number of esters is 2. The quantitative estimate of drug-likeness (QED) is 0.0900. The summed E-state index contributed by atoms with van der Waals surface area (Å²) in [6.45, 7) is 25.2. The summed E-state index contributed by atoms with van der Waals surface area (Å²) in [5.74, 6) is 9.60. The van der Waals surface area contributed by atoms with Crippen LogP contribution in [0.4, 0.5) is 0 Å². The van der Waals surface area contributed by atoms with Crippen molar-refractivity contribution in [3.63, 3.8) is 0 Å². The number of hydrogen-bond donors (Lipinski definition) is 0. The molecule has 0 unspecified atom stereocenters. The molecule has 74 heavy (non-hydrogen) atoms. The molecule has 0 spiro atoms. The van der Waals surface area contributed by atoms with Crippen LogP contribution in [0.2, 0.25) is 0 Å². The van der Waals surface area contributed by atoms with Crippen molar-refractivity contribution in [3.8, 4) is 0 Å². The van der Waals surface area contributed by atoms with Crippen LogP contribution in [0.3, 0.4) is 0 Å². The fourth-order valence-corrected chi connectivity index (χ4v) is 25.4. The van der Waals surface area contributed by atoms with Gasteiger partial charge in [-0.3, -0.25) is 0 Å². The van der Waals surface area contributed by atoms with E-state index in [1.165, 1.54) is 112 Å². The van der Waals surface area contributed by atoms with Gasteiger partial charge in [0.25, 0.3) is 0 Å². The summed E-state index contributed by atoms with van der Waals surface area (Å²) in [5, 5.41) is 0. The number of ether oxygens (including phenoxy) is 2. The summed E-state index contributed by atoms with van der Waals surface area (Å²) < 4.78 is 15.2. The van der Waals surface area contributed by atoms with Crippen LogP contribution in [-0.4, -0.2) is 50.4 Å². The second kappa shape index (κ2) is 22.6. The molecule has 8 aliphatic rings. The number of carbonyl (C=O) groups excluding carboxylic acids is 2. The van der Waals surface area contributed by atoms with Gasteiger partial charge in [-0.25, -0.2) is 0 Å². The third kappa shape index (κ3) is 10.8. The van der Waals surface area contributed by atoms with Crippen molar-refractivity contribution in [1.29, 1.82) is 0 Å². The summed E-state index contributed by atoms with van der Waals surface area (Å²) in [6, 6.07) is 16.4. The summed E-state index contributed by atoms with van der Waals surface area (Å²) >= 11 is 0.313. The molecule has 10 rings (SSSR count). The van der Waals surface area contributed by atoms with E-state index in [9.17, 15) is 9.59 Å². The van der Waals surface area contributed by atoms with E-state index in [-0.39, 0.29) is 61.2 Å². The maximum absolute atomic E-state index is 13.8. The second-order valence-corrected chi connectivity index (χ2v) is 34.7. The molecular weight excluding hydrogens is 1040 g/mol. The molecule has 6 saturated carbocycles. The summed E-state index contributed by atoms with van der Waals surface area (Å²) in [6.07, 6.45) is 33.2. The zero-order valence-corrected chi connectivity index (χ0v) is 51.3. The molecule has 0 heterocycles. The van der Waals surface area contributed by atoms with Crippen LogP contribution in [0, 0.1) is 92.7 Å². The molecule has 0 amide bonds. The topological polar surface area (TPSA) is 52.6 Å². The van der Waals surface area contributed by atoms with Gasteiger partial charge < -0.3 is 0 Å². The number of allylic oxidation sites excluding steroid dienone is 2. The van der Waals surface area contributed by atoms with Crippen LogP contribution in [0.5, 0.6) is 0 Å². The molecule has 8 aliphatic carbocycles. The first-order chi connectivity index (χ1) is 35.4. The Morgan fingerprint density at radius 3 is 1.35 bits per heavy atom. The van der Waals surface area contributed by atoms with Gasteiger partial charge in [0, 0.05) is 0 Å². The van der Waals surface area contributed by atoms with E-state index >= 15 is 0 Å². The first kappa shape index (κ1) is 55.2. The Labute approximate surface area is 461 Å². The Morgan fingerprint density at radius 1 is 0.527 bits per heavy atom. The van der Waals surface area contributed by atoms with Gasteiger partial charge in [-0.2, -0.15) is 0 Å². The van der Waals surface area contributed by atoms with E-state index in [1.807, 2.05) is 24.3 Å². The Hall–Kier alpha value is -2.10. The molecule has 6 fully saturated rings. The van der Waals surface area contributed by atoms with E-state index in [0.717, 1.165) is 110 Å². The zero-order valence-electron chi connectivity index (χ0n) is 47.9. The predicted molar refractivity (Wildman–Crippen MR) is 308 cm³/mol. The monoisotopic (exact) mass is 1140 g/mol. The molecule has 0 radical (unpaired) electrons. The average molecular weight is 1140 g/mol. The molecular formula is C68H98O4Se2. The van der Waals surface area contributed by atoms with Crippen molar-refractivity contribution in [2.24, 2.45) is 92.7 Å². The van der Waals surface area contributed by atoms with Crippen molar-refractivity contribution < 1.29 is 19.1 Å². The van der Waals surface area contributed by atoms with Crippen LogP contribution < -0.4 is 8.92 Å². The molecule has 2 aromatic carbocycles. The molecule has 0 bridgehead atoms. The number of benzene rings is 2. The smallest absolute Gasteiger partial charge is 0.0591 e. The summed E-state index contributed by atoms with van der Waals surface area (Å²) in [4.78, 5) is 27.7. The van der Waals surface area contributed by atoms with E-state index in [4.69, 9.17) is 9.47 Å². The number of hydrogen-bond acceptors (Lipinski definition) is 4. The third-order valence-corrected chi connectivity index (χ3v) is 30.6. The van der Waals surface area contributed by atoms with E-state index in [1.54, 1.807) is 11.1 Å². The van der Waals surface area contributed by atoms with Gasteiger partial charge in [0.15, 0.2) is 0 Å². The molecule has 0 aliphatic heterocycles. The van der Waals surface area contributed by atoms with Gasteiger partial charge >= 0.3 is 299 Å². The Morgan fingerprint density at radius 2 is 0.946 bits per heavy atom. The Bertz CT molecular complexity index is 2220. The number of rotatable bonds is 17.